The van der Waals surface area contributed by atoms with Gasteiger partial charge in [0.1, 0.15) is 0 Å². The van der Waals surface area contributed by atoms with Gasteiger partial charge in [-0.05, 0) is 23.8 Å². The van der Waals surface area contributed by atoms with Gasteiger partial charge in [0, 0.05) is 43.3 Å². The minimum atomic E-state index is 0.687. The minimum absolute atomic E-state index is 0.687. The number of hydrogen-bond donors (Lipinski definition) is 0. The molecule has 0 unspecified atom stereocenters. The van der Waals surface area contributed by atoms with Crippen molar-refractivity contribution in [1.82, 2.24) is 15.0 Å². The van der Waals surface area contributed by atoms with Crippen LogP contribution in [-0.2, 0) is 13.0 Å². The fraction of sp³-hybridized carbons (Fsp3) is 0.300. The Bertz CT molecular complexity index is 844. The Morgan fingerprint density at radius 3 is 2.54 bits per heavy atom. The molecule has 6 heteroatoms. The Labute approximate surface area is 158 Å². The van der Waals surface area contributed by atoms with Crippen LogP contribution in [0, 0.1) is 0 Å². The number of halogens is 1. The number of nitrogens with zero attached hydrogens (tertiary/aromatic N) is 4. The standard InChI is InChI=1S/C20H21ClN4O/c21-17-7-4-8-18(14-17)25-11-9-24(10-12-25)15-20-22-19(23-26-20)13-16-5-2-1-3-6-16/h1-8,14H,9-13,15H2. The van der Waals surface area contributed by atoms with E-state index in [0.717, 1.165) is 37.0 Å². The van der Waals surface area contributed by atoms with E-state index in [9.17, 15) is 0 Å². The molecule has 2 aromatic carbocycles. The molecule has 0 radical (unpaired) electrons. The molecule has 1 aliphatic heterocycles. The maximum absolute atomic E-state index is 6.10. The summed E-state index contributed by atoms with van der Waals surface area (Å²) in [5.41, 5.74) is 2.37. The molecule has 0 amide bonds. The summed E-state index contributed by atoms with van der Waals surface area (Å²) in [6.45, 7) is 4.55. The van der Waals surface area contributed by atoms with Crippen molar-refractivity contribution >= 4 is 17.3 Å². The molecule has 0 bridgehead atoms. The Kier molecular flexibility index (Phi) is 5.18. The molecule has 0 aliphatic carbocycles. The van der Waals surface area contributed by atoms with Gasteiger partial charge in [-0.25, -0.2) is 0 Å². The van der Waals surface area contributed by atoms with Gasteiger partial charge in [0.2, 0.25) is 5.89 Å². The first kappa shape index (κ1) is 17.1. The molecule has 0 atom stereocenters. The second kappa shape index (κ2) is 7.89. The zero-order valence-corrected chi connectivity index (χ0v) is 15.3. The van der Waals surface area contributed by atoms with Crippen LogP contribution in [0.15, 0.2) is 59.1 Å². The average Bonchev–Trinajstić information content (AvgIpc) is 3.10. The lowest BCUT2D eigenvalue weighted by atomic mass is 10.1. The fourth-order valence-corrected chi connectivity index (χ4v) is 3.42. The van der Waals surface area contributed by atoms with Crippen molar-refractivity contribution in [1.29, 1.82) is 0 Å². The SMILES string of the molecule is Clc1cccc(N2CCN(Cc3nc(Cc4ccccc4)no3)CC2)c1. The summed E-state index contributed by atoms with van der Waals surface area (Å²) >= 11 is 6.10. The highest BCUT2D eigenvalue weighted by Crippen LogP contribution is 2.21. The van der Waals surface area contributed by atoms with E-state index in [2.05, 4.69) is 38.1 Å². The maximum Gasteiger partial charge on any atom is 0.240 e. The van der Waals surface area contributed by atoms with Gasteiger partial charge in [-0.3, -0.25) is 4.90 Å². The Morgan fingerprint density at radius 2 is 1.77 bits per heavy atom. The van der Waals surface area contributed by atoms with Gasteiger partial charge >= 0.3 is 0 Å². The van der Waals surface area contributed by atoms with Gasteiger partial charge in [0.05, 0.1) is 6.54 Å². The van der Waals surface area contributed by atoms with Crippen LogP contribution < -0.4 is 4.90 Å². The van der Waals surface area contributed by atoms with E-state index in [1.807, 2.05) is 36.4 Å². The third-order valence-electron chi connectivity index (χ3n) is 4.62. The number of hydrogen-bond acceptors (Lipinski definition) is 5. The first-order chi connectivity index (χ1) is 12.8. The highest BCUT2D eigenvalue weighted by Gasteiger charge is 2.19. The van der Waals surface area contributed by atoms with E-state index in [1.165, 1.54) is 11.3 Å². The van der Waals surface area contributed by atoms with E-state index >= 15 is 0 Å². The molecule has 5 nitrogen and oxygen atoms in total. The second-order valence-corrected chi connectivity index (χ2v) is 6.95. The highest BCUT2D eigenvalue weighted by atomic mass is 35.5. The molecule has 0 spiro atoms. The summed E-state index contributed by atoms with van der Waals surface area (Å²) < 4.78 is 5.43. The van der Waals surface area contributed by atoms with E-state index < -0.39 is 0 Å². The summed E-state index contributed by atoms with van der Waals surface area (Å²) in [6.07, 6.45) is 0.701. The van der Waals surface area contributed by atoms with Gasteiger partial charge in [0.15, 0.2) is 5.82 Å². The van der Waals surface area contributed by atoms with Crippen LogP contribution in [0.5, 0.6) is 0 Å². The number of rotatable bonds is 5. The predicted octanol–water partition coefficient (Wildman–Crippen LogP) is 3.64. The lowest BCUT2D eigenvalue weighted by Crippen LogP contribution is -2.46. The third-order valence-corrected chi connectivity index (χ3v) is 4.85. The molecule has 4 rings (SSSR count). The first-order valence-electron chi connectivity index (χ1n) is 8.84. The zero-order valence-electron chi connectivity index (χ0n) is 14.5. The van der Waals surface area contributed by atoms with Crippen molar-refractivity contribution in [2.45, 2.75) is 13.0 Å². The summed E-state index contributed by atoms with van der Waals surface area (Å²) in [5.74, 6) is 1.43. The number of benzene rings is 2. The Balaban J connectivity index is 1.31. The van der Waals surface area contributed by atoms with Crippen LogP contribution in [0.4, 0.5) is 5.69 Å². The average molecular weight is 369 g/mol. The molecule has 134 valence electrons. The minimum Gasteiger partial charge on any atom is -0.369 e. The largest absolute Gasteiger partial charge is 0.369 e. The quantitative estimate of drug-likeness (QED) is 0.688. The predicted molar refractivity (Wildman–Crippen MR) is 102 cm³/mol. The van der Waals surface area contributed by atoms with Crippen molar-refractivity contribution in [3.63, 3.8) is 0 Å². The number of aromatic nitrogens is 2. The van der Waals surface area contributed by atoms with Crippen molar-refractivity contribution in [3.8, 4) is 0 Å². The Morgan fingerprint density at radius 1 is 0.962 bits per heavy atom. The lowest BCUT2D eigenvalue weighted by Gasteiger charge is -2.35. The van der Waals surface area contributed by atoms with E-state index in [1.54, 1.807) is 0 Å². The van der Waals surface area contributed by atoms with Crippen LogP contribution in [0.1, 0.15) is 17.3 Å². The second-order valence-electron chi connectivity index (χ2n) is 6.51. The van der Waals surface area contributed by atoms with Crippen molar-refractivity contribution < 1.29 is 4.52 Å². The van der Waals surface area contributed by atoms with Gasteiger partial charge < -0.3 is 9.42 Å². The van der Waals surface area contributed by atoms with Gasteiger partial charge in [-0.1, -0.05) is 53.2 Å². The van der Waals surface area contributed by atoms with Crippen molar-refractivity contribution in [3.05, 3.63) is 76.9 Å². The monoisotopic (exact) mass is 368 g/mol. The molecule has 1 aliphatic rings. The highest BCUT2D eigenvalue weighted by molar-refractivity contribution is 6.30. The lowest BCUT2D eigenvalue weighted by molar-refractivity contribution is 0.215. The molecular weight excluding hydrogens is 348 g/mol. The molecule has 0 saturated carbocycles. The van der Waals surface area contributed by atoms with Crippen molar-refractivity contribution in [2.75, 3.05) is 31.1 Å². The molecule has 1 aromatic heterocycles. The Hall–Kier alpha value is -2.37. The smallest absolute Gasteiger partial charge is 0.240 e. The molecule has 0 N–H and O–H groups in total. The molecule has 1 saturated heterocycles. The molecule has 1 fully saturated rings. The first-order valence-corrected chi connectivity index (χ1v) is 9.22. The van der Waals surface area contributed by atoms with Crippen LogP contribution >= 0.6 is 11.6 Å². The molecule has 2 heterocycles. The normalized spacial score (nSPS) is 15.3. The fourth-order valence-electron chi connectivity index (χ4n) is 3.23. The van der Waals surface area contributed by atoms with E-state index in [4.69, 9.17) is 16.1 Å². The molecule has 3 aromatic rings. The van der Waals surface area contributed by atoms with Crippen molar-refractivity contribution in [2.24, 2.45) is 0 Å². The van der Waals surface area contributed by atoms with Crippen LogP contribution in [0.2, 0.25) is 5.02 Å². The summed E-state index contributed by atoms with van der Waals surface area (Å²) in [5, 5.41) is 4.89. The topological polar surface area (TPSA) is 45.4 Å². The van der Waals surface area contributed by atoms with Crippen LogP contribution in [0.25, 0.3) is 0 Å². The molecular formula is C20H21ClN4O. The third kappa shape index (κ3) is 4.23. The zero-order chi connectivity index (χ0) is 17.8. The molecule has 26 heavy (non-hydrogen) atoms. The summed E-state index contributed by atoms with van der Waals surface area (Å²) in [7, 11) is 0. The van der Waals surface area contributed by atoms with Gasteiger partial charge in [-0.2, -0.15) is 4.98 Å². The number of anilines is 1. The van der Waals surface area contributed by atoms with Gasteiger partial charge in [0.25, 0.3) is 0 Å². The number of piperazine rings is 1. The maximum atomic E-state index is 6.10. The van der Waals surface area contributed by atoms with E-state index in [0.29, 0.717) is 18.9 Å². The van der Waals surface area contributed by atoms with Crippen LogP contribution in [0.3, 0.4) is 0 Å². The van der Waals surface area contributed by atoms with Gasteiger partial charge in [-0.15, -0.1) is 0 Å². The van der Waals surface area contributed by atoms with Crippen LogP contribution in [-0.4, -0.2) is 41.2 Å². The summed E-state index contributed by atoms with van der Waals surface area (Å²) in [4.78, 5) is 9.24. The summed E-state index contributed by atoms with van der Waals surface area (Å²) in [6, 6.07) is 18.2. The van der Waals surface area contributed by atoms with E-state index in [-0.39, 0.29) is 0 Å².